The molecule has 4 aromatic rings. The number of fused-ring (bicyclic) bond motifs is 1. The molecule has 6 nitrogen and oxygen atoms in total. The van der Waals surface area contributed by atoms with E-state index in [9.17, 15) is 5.11 Å². The standard InChI is InChI=1S/C27H30N4O2/c1-17(2)31-25-10-9-21(20-5-4-6-22(14-20)27(28)29)15-23(25)24(30-31)16-33-26-13-18(3)7-8-19(26)11-12-32/h4-10,13-15,17,32H,11-12,16H2,1-3H3,(H3,28,29). The van der Waals surface area contributed by atoms with E-state index in [1.165, 1.54) is 0 Å². The van der Waals surface area contributed by atoms with Gasteiger partial charge in [0.2, 0.25) is 0 Å². The van der Waals surface area contributed by atoms with Gasteiger partial charge in [-0.05, 0) is 73.7 Å². The van der Waals surface area contributed by atoms with Crippen LogP contribution >= 0.6 is 0 Å². The van der Waals surface area contributed by atoms with Gasteiger partial charge in [-0.15, -0.1) is 0 Å². The SMILES string of the molecule is Cc1ccc(CCO)c(OCc2nn(C(C)C)c3ccc(-c4cccc(C(=N)N)c4)cc23)c1. The summed E-state index contributed by atoms with van der Waals surface area (Å²) in [5, 5.41) is 23.0. The van der Waals surface area contributed by atoms with Gasteiger partial charge in [-0.3, -0.25) is 10.1 Å². The van der Waals surface area contributed by atoms with Gasteiger partial charge in [0, 0.05) is 23.6 Å². The summed E-state index contributed by atoms with van der Waals surface area (Å²) in [5.74, 6) is 0.832. The molecule has 0 aliphatic heterocycles. The number of aryl methyl sites for hydroxylation is 1. The summed E-state index contributed by atoms with van der Waals surface area (Å²) in [6.07, 6.45) is 0.549. The minimum atomic E-state index is 0.0523. The van der Waals surface area contributed by atoms with Crippen molar-refractivity contribution >= 4 is 16.7 Å². The Hall–Kier alpha value is -3.64. The Labute approximate surface area is 194 Å². The van der Waals surface area contributed by atoms with Crippen LogP contribution in [-0.4, -0.2) is 27.3 Å². The molecule has 0 bridgehead atoms. The van der Waals surface area contributed by atoms with Gasteiger partial charge in [0.1, 0.15) is 23.9 Å². The summed E-state index contributed by atoms with van der Waals surface area (Å²) in [7, 11) is 0. The Morgan fingerprint density at radius 1 is 1.09 bits per heavy atom. The molecule has 0 saturated carbocycles. The van der Waals surface area contributed by atoms with Crippen molar-refractivity contribution in [2.24, 2.45) is 5.73 Å². The molecule has 3 aromatic carbocycles. The third-order valence-electron chi connectivity index (χ3n) is 5.75. The van der Waals surface area contributed by atoms with Crippen LogP contribution < -0.4 is 10.5 Å². The van der Waals surface area contributed by atoms with Crippen LogP contribution in [0.3, 0.4) is 0 Å². The molecule has 0 amide bonds. The summed E-state index contributed by atoms with van der Waals surface area (Å²) in [5.41, 5.74) is 12.4. The third-order valence-corrected chi connectivity index (χ3v) is 5.75. The molecular formula is C27H30N4O2. The van der Waals surface area contributed by atoms with Gasteiger partial charge in [-0.2, -0.15) is 5.10 Å². The molecule has 33 heavy (non-hydrogen) atoms. The van der Waals surface area contributed by atoms with Gasteiger partial charge in [-0.1, -0.05) is 36.4 Å². The highest BCUT2D eigenvalue weighted by Crippen LogP contribution is 2.30. The van der Waals surface area contributed by atoms with Crippen LogP contribution in [0.15, 0.2) is 60.7 Å². The molecule has 6 heteroatoms. The first kappa shape index (κ1) is 22.6. The fourth-order valence-electron chi connectivity index (χ4n) is 4.02. The van der Waals surface area contributed by atoms with Crippen LogP contribution in [0.2, 0.25) is 0 Å². The second-order valence-corrected chi connectivity index (χ2v) is 8.58. The molecule has 0 aliphatic rings. The summed E-state index contributed by atoms with van der Waals surface area (Å²) in [6, 6.07) is 20.2. The van der Waals surface area contributed by atoms with Crippen LogP contribution in [-0.2, 0) is 13.0 Å². The van der Waals surface area contributed by atoms with Gasteiger partial charge < -0.3 is 15.6 Å². The van der Waals surface area contributed by atoms with Crippen molar-refractivity contribution in [1.29, 1.82) is 5.41 Å². The summed E-state index contributed by atoms with van der Waals surface area (Å²) >= 11 is 0. The largest absolute Gasteiger partial charge is 0.487 e. The van der Waals surface area contributed by atoms with Crippen LogP contribution in [0.25, 0.3) is 22.0 Å². The zero-order valence-electron chi connectivity index (χ0n) is 19.3. The van der Waals surface area contributed by atoms with E-state index in [4.69, 9.17) is 21.0 Å². The first-order valence-corrected chi connectivity index (χ1v) is 11.2. The fourth-order valence-corrected chi connectivity index (χ4v) is 4.02. The normalized spacial score (nSPS) is 11.3. The average molecular weight is 443 g/mol. The molecule has 4 rings (SSSR count). The Balaban J connectivity index is 1.74. The van der Waals surface area contributed by atoms with Crippen LogP contribution in [0.1, 0.15) is 42.3 Å². The summed E-state index contributed by atoms with van der Waals surface area (Å²) in [4.78, 5) is 0. The maximum Gasteiger partial charge on any atom is 0.133 e. The second kappa shape index (κ2) is 9.46. The van der Waals surface area contributed by atoms with Crippen molar-refractivity contribution in [3.63, 3.8) is 0 Å². The fraction of sp³-hybridized carbons (Fsp3) is 0.259. The lowest BCUT2D eigenvalue weighted by molar-refractivity contribution is 0.281. The molecule has 1 heterocycles. The third kappa shape index (κ3) is 4.76. The minimum Gasteiger partial charge on any atom is -0.487 e. The number of nitrogens with two attached hydrogens (primary N) is 1. The van der Waals surface area contributed by atoms with Crippen LogP contribution in [0.4, 0.5) is 0 Å². The average Bonchev–Trinajstić information content (AvgIpc) is 3.17. The Morgan fingerprint density at radius 3 is 2.61 bits per heavy atom. The van der Waals surface area contributed by atoms with E-state index in [-0.39, 0.29) is 18.5 Å². The van der Waals surface area contributed by atoms with E-state index in [0.29, 0.717) is 18.6 Å². The van der Waals surface area contributed by atoms with E-state index in [1.807, 2.05) is 54.1 Å². The van der Waals surface area contributed by atoms with Crippen LogP contribution in [0.5, 0.6) is 5.75 Å². The lowest BCUT2D eigenvalue weighted by Crippen LogP contribution is -2.10. The van der Waals surface area contributed by atoms with E-state index < -0.39 is 0 Å². The number of aliphatic hydroxyl groups is 1. The molecule has 0 aliphatic carbocycles. The predicted molar refractivity (Wildman–Crippen MR) is 133 cm³/mol. The van der Waals surface area contributed by atoms with E-state index in [0.717, 1.165) is 44.6 Å². The number of nitrogens with zero attached hydrogens (tertiary/aromatic N) is 2. The number of amidine groups is 1. The number of aromatic nitrogens is 2. The zero-order chi connectivity index (χ0) is 23.5. The molecule has 0 atom stereocenters. The number of aliphatic hydroxyl groups excluding tert-OH is 1. The van der Waals surface area contributed by atoms with Crippen molar-refractivity contribution in [3.05, 3.63) is 83.0 Å². The molecule has 0 radical (unpaired) electrons. The lowest BCUT2D eigenvalue weighted by Gasteiger charge is -2.11. The number of ether oxygens (including phenoxy) is 1. The van der Waals surface area contributed by atoms with E-state index in [1.54, 1.807) is 0 Å². The number of benzene rings is 3. The van der Waals surface area contributed by atoms with Crippen molar-refractivity contribution in [3.8, 4) is 16.9 Å². The number of hydrogen-bond donors (Lipinski definition) is 3. The number of nitrogens with one attached hydrogen (secondary N) is 1. The molecule has 0 unspecified atom stereocenters. The highest BCUT2D eigenvalue weighted by Gasteiger charge is 2.15. The van der Waals surface area contributed by atoms with Crippen molar-refractivity contribution in [2.75, 3.05) is 6.61 Å². The molecule has 0 fully saturated rings. The number of hydrogen-bond acceptors (Lipinski definition) is 4. The number of rotatable bonds is 8. The van der Waals surface area contributed by atoms with Crippen molar-refractivity contribution in [1.82, 2.24) is 9.78 Å². The minimum absolute atomic E-state index is 0.0523. The zero-order valence-corrected chi connectivity index (χ0v) is 19.3. The Kier molecular flexibility index (Phi) is 6.47. The molecule has 4 N–H and O–H groups in total. The van der Waals surface area contributed by atoms with Gasteiger partial charge in [0.05, 0.1) is 5.52 Å². The van der Waals surface area contributed by atoms with Crippen molar-refractivity contribution < 1.29 is 9.84 Å². The van der Waals surface area contributed by atoms with Gasteiger partial charge in [-0.25, -0.2) is 0 Å². The molecular weight excluding hydrogens is 412 g/mol. The lowest BCUT2D eigenvalue weighted by atomic mass is 10.0. The highest BCUT2D eigenvalue weighted by atomic mass is 16.5. The Bertz CT molecular complexity index is 1310. The molecule has 170 valence electrons. The van der Waals surface area contributed by atoms with Gasteiger partial charge in [0.25, 0.3) is 0 Å². The Morgan fingerprint density at radius 2 is 1.88 bits per heavy atom. The molecule has 0 saturated heterocycles. The first-order chi connectivity index (χ1) is 15.9. The summed E-state index contributed by atoms with van der Waals surface area (Å²) < 4.78 is 8.24. The first-order valence-electron chi connectivity index (χ1n) is 11.2. The topological polar surface area (TPSA) is 97.1 Å². The number of nitrogen functional groups attached to an aromatic ring is 1. The predicted octanol–water partition coefficient (Wildman–Crippen LogP) is 4.99. The van der Waals surface area contributed by atoms with Crippen LogP contribution in [0, 0.1) is 12.3 Å². The summed E-state index contributed by atoms with van der Waals surface area (Å²) in [6.45, 7) is 6.66. The maximum absolute atomic E-state index is 9.40. The van der Waals surface area contributed by atoms with E-state index >= 15 is 0 Å². The monoisotopic (exact) mass is 442 g/mol. The molecule has 0 spiro atoms. The van der Waals surface area contributed by atoms with Crippen molar-refractivity contribution in [2.45, 2.75) is 39.8 Å². The quantitative estimate of drug-likeness (QED) is 0.264. The smallest absolute Gasteiger partial charge is 0.133 e. The maximum atomic E-state index is 9.40. The second-order valence-electron chi connectivity index (χ2n) is 8.58. The van der Waals surface area contributed by atoms with Gasteiger partial charge in [0.15, 0.2) is 0 Å². The van der Waals surface area contributed by atoms with Gasteiger partial charge >= 0.3 is 0 Å². The molecule has 1 aromatic heterocycles. The highest BCUT2D eigenvalue weighted by molar-refractivity contribution is 5.96. The van der Waals surface area contributed by atoms with E-state index in [2.05, 4.69) is 32.0 Å².